The van der Waals surface area contributed by atoms with Crippen LogP contribution in [0.2, 0.25) is 0 Å². The molecule has 0 spiro atoms. The molecule has 0 aliphatic carbocycles. The molecule has 0 saturated heterocycles. The van der Waals surface area contributed by atoms with E-state index in [1.165, 1.54) is 0 Å². The van der Waals surface area contributed by atoms with Gasteiger partial charge in [-0.25, -0.2) is 0 Å². The molecule has 8 heteroatoms. The molecule has 0 radical (unpaired) electrons. The quantitative estimate of drug-likeness (QED) is 0.909. The Hall–Kier alpha value is -1.67. The van der Waals surface area contributed by atoms with E-state index in [0.717, 1.165) is 5.56 Å². The first-order chi connectivity index (χ1) is 8.88. The van der Waals surface area contributed by atoms with Gasteiger partial charge in [0.2, 0.25) is 10.1 Å². The molecule has 19 heavy (non-hydrogen) atoms. The molecule has 0 amide bonds. The van der Waals surface area contributed by atoms with Crippen molar-refractivity contribution in [3.05, 3.63) is 34.8 Å². The van der Waals surface area contributed by atoms with Gasteiger partial charge in [-0.05, 0) is 18.6 Å². The maximum atomic E-state index is 12.4. The third-order valence-corrected chi connectivity index (χ3v) is 3.24. The highest BCUT2D eigenvalue weighted by Gasteiger charge is 2.35. The zero-order valence-corrected chi connectivity index (χ0v) is 10.7. The summed E-state index contributed by atoms with van der Waals surface area (Å²) in [5.41, 5.74) is 7.21. The standard InChI is InChI=1S/C11H11F3N4S/c1-6(15)7-4-2-3-5-8(7)16-10-18-17-9(19-10)11(12,13)14/h2-6H,15H2,1H3,(H,16,18). The number of rotatable bonds is 3. The molecule has 3 N–H and O–H groups in total. The number of para-hydroxylation sites is 1. The van der Waals surface area contributed by atoms with Crippen LogP contribution in [-0.2, 0) is 6.18 Å². The van der Waals surface area contributed by atoms with Crippen LogP contribution in [0.4, 0.5) is 24.0 Å². The van der Waals surface area contributed by atoms with Crippen molar-refractivity contribution in [3.63, 3.8) is 0 Å². The molecule has 0 fully saturated rings. The van der Waals surface area contributed by atoms with E-state index in [4.69, 9.17) is 5.73 Å². The summed E-state index contributed by atoms with van der Waals surface area (Å²) in [6, 6.07) is 6.87. The van der Waals surface area contributed by atoms with Crippen molar-refractivity contribution in [3.8, 4) is 0 Å². The highest BCUT2D eigenvalue weighted by Crippen LogP contribution is 2.34. The third-order valence-electron chi connectivity index (χ3n) is 2.36. The van der Waals surface area contributed by atoms with Crippen LogP contribution in [-0.4, -0.2) is 10.2 Å². The van der Waals surface area contributed by atoms with Crippen molar-refractivity contribution < 1.29 is 13.2 Å². The highest BCUT2D eigenvalue weighted by atomic mass is 32.1. The third kappa shape index (κ3) is 3.21. The molecule has 0 aliphatic heterocycles. The van der Waals surface area contributed by atoms with E-state index >= 15 is 0 Å². The van der Waals surface area contributed by atoms with Gasteiger partial charge in [-0.15, -0.1) is 10.2 Å². The second kappa shape index (κ2) is 5.14. The van der Waals surface area contributed by atoms with Crippen LogP contribution in [0, 0.1) is 0 Å². The Labute approximate surface area is 111 Å². The molecular weight excluding hydrogens is 277 g/mol. The molecule has 4 nitrogen and oxygen atoms in total. The lowest BCUT2D eigenvalue weighted by Crippen LogP contribution is -2.07. The van der Waals surface area contributed by atoms with Crippen molar-refractivity contribution in [1.82, 2.24) is 10.2 Å². The van der Waals surface area contributed by atoms with E-state index < -0.39 is 11.2 Å². The van der Waals surface area contributed by atoms with Gasteiger partial charge in [0.1, 0.15) is 0 Å². The SMILES string of the molecule is CC(N)c1ccccc1Nc1nnc(C(F)(F)F)s1. The minimum absolute atomic E-state index is 0.0837. The first-order valence-electron chi connectivity index (χ1n) is 5.40. The van der Waals surface area contributed by atoms with Crippen LogP contribution < -0.4 is 11.1 Å². The van der Waals surface area contributed by atoms with Crippen LogP contribution in [0.15, 0.2) is 24.3 Å². The van der Waals surface area contributed by atoms with Gasteiger partial charge in [-0.2, -0.15) is 13.2 Å². The maximum absolute atomic E-state index is 12.4. The van der Waals surface area contributed by atoms with Crippen LogP contribution >= 0.6 is 11.3 Å². The average molecular weight is 288 g/mol. The Kier molecular flexibility index (Phi) is 3.72. The summed E-state index contributed by atoms with van der Waals surface area (Å²) in [7, 11) is 0. The first-order valence-corrected chi connectivity index (χ1v) is 6.22. The summed E-state index contributed by atoms with van der Waals surface area (Å²) < 4.78 is 37.2. The van der Waals surface area contributed by atoms with E-state index in [1.54, 1.807) is 25.1 Å². The number of halogens is 3. The van der Waals surface area contributed by atoms with E-state index in [2.05, 4.69) is 15.5 Å². The summed E-state index contributed by atoms with van der Waals surface area (Å²) in [5.74, 6) is 0. The average Bonchev–Trinajstić information content (AvgIpc) is 2.77. The molecule has 1 aromatic heterocycles. The molecule has 0 bridgehead atoms. The fourth-order valence-electron chi connectivity index (χ4n) is 1.51. The molecule has 1 atom stereocenters. The van der Waals surface area contributed by atoms with Gasteiger partial charge < -0.3 is 11.1 Å². The largest absolute Gasteiger partial charge is 0.445 e. The number of hydrogen-bond acceptors (Lipinski definition) is 5. The van der Waals surface area contributed by atoms with Crippen LogP contribution in [0.25, 0.3) is 0 Å². The Morgan fingerprint density at radius 3 is 2.53 bits per heavy atom. The molecule has 0 saturated carbocycles. The number of nitrogens with two attached hydrogens (primary N) is 1. The zero-order valence-electron chi connectivity index (χ0n) is 9.90. The molecule has 102 valence electrons. The fourth-order valence-corrected chi connectivity index (χ4v) is 2.13. The van der Waals surface area contributed by atoms with Gasteiger partial charge in [0.25, 0.3) is 0 Å². The summed E-state index contributed by atoms with van der Waals surface area (Å²) >= 11 is 0.456. The highest BCUT2D eigenvalue weighted by molar-refractivity contribution is 7.15. The molecule has 1 unspecified atom stereocenters. The van der Waals surface area contributed by atoms with Crippen molar-refractivity contribution in [2.45, 2.75) is 19.1 Å². The minimum Gasteiger partial charge on any atom is -0.330 e. The predicted octanol–water partition coefficient (Wildman–Crippen LogP) is 3.32. The molecule has 2 rings (SSSR count). The predicted molar refractivity (Wildman–Crippen MR) is 67.2 cm³/mol. The van der Waals surface area contributed by atoms with Gasteiger partial charge in [0.05, 0.1) is 0 Å². The number of hydrogen-bond donors (Lipinski definition) is 2. The number of alkyl halides is 3. The van der Waals surface area contributed by atoms with Crippen molar-refractivity contribution in [1.29, 1.82) is 0 Å². The summed E-state index contributed by atoms with van der Waals surface area (Å²) in [6.07, 6.45) is -4.47. The zero-order chi connectivity index (χ0) is 14.0. The number of anilines is 2. The molecular formula is C11H11F3N4S. The van der Waals surface area contributed by atoms with Crippen molar-refractivity contribution >= 4 is 22.2 Å². The topological polar surface area (TPSA) is 63.8 Å². The maximum Gasteiger partial charge on any atom is 0.445 e. The number of nitrogens with zero attached hydrogens (tertiary/aromatic N) is 2. The second-order valence-electron chi connectivity index (χ2n) is 3.91. The van der Waals surface area contributed by atoms with Gasteiger partial charge in [0, 0.05) is 11.7 Å². The normalized spacial score (nSPS) is 13.3. The van der Waals surface area contributed by atoms with E-state index in [9.17, 15) is 13.2 Å². The lowest BCUT2D eigenvalue weighted by Gasteiger charge is -2.12. The Morgan fingerprint density at radius 2 is 1.95 bits per heavy atom. The number of nitrogens with one attached hydrogen (secondary N) is 1. The van der Waals surface area contributed by atoms with Crippen LogP contribution in [0.3, 0.4) is 0 Å². The van der Waals surface area contributed by atoms with Gasteiger partial charge in [-0.1, -0.05) is 29.5 Å². The Balaban J connectivity index is 2.25. The van der Waals surface area contributed by atoms with Crippen LogP contribution in [0.1, 0.15) is 23.5 Å². The Bertz CT molecular complexity index is 565. The van der Waals surface area contributed by atoms with E-state index in [-0.39, 0.29) is 11.2 Å². The number of aromatic nitrogens is 2. The summed E-state index contributed by atoms with van der Waals surface area (Å²) in [6.45, 7) is 1.79. The summed E-state index contributed by atoms with van der Waals surface area (Å²) in [5, 5.41) is 8.50. The number of benzene rings is 1. The second-order valence-corrected chi connectivity index (χ2v) is 4.89. The minimum atomic E-state index is -4.47. The molecule has 2 aromatic rings. The monoisotopic (exact) mass is 288 g/mol. The molecule has 1 aromatic carbocycles. The van der Waals surface area contributed by atoms with Gasteiger partial charge in [-0.3, -0.25) is 0 Å². The van der Waals surface area contributed by atoms with Gasteiger partial charge in [0.15, 0.2) is 0 Å². The van der Waals surface area contributed by atoms with Crippen LogP contribution in [0.5, 0.6) is 0 Å². The smallest absolute Gasteiger partial charge is 0.330 e. The van der Waals surface area contributed by atoms with Gasteiger partial charge >= 0.3 is 6.18 Å². The molecule has 1 heterocycles. The van der Waals surface area contributed by atoms with Crippen molar-refractivity contribution in [2.24, 2.45) is 5.73 Å². The van der Waals surface area contributed by atoms with E-state index in [1.807, 2.05) is 6.07 Å². The lowest BCUT2D eigenvalue weighted by atomic mass is 10.1. The lowest BCUT2D eigenvalue weighted by molar-refractivity contribution is -0.138. The first kappa shape index (κ1) is 13.8. The Morgan fingerprint density at radius 1 is 1.26 bits per heavy atom. The summed E-state index contributed by atoms with van der Waals surface area (Å²) in [4.78, 5) is 0. The fraction of sp³-hybridized carbons (Fsp3) is 0.273. The van der Waals surface area contributed by atoms with E-state index in [0.29, 0.717) is 17.0 Å². The molecule has 0 aliphatic rings. The van der Waals surface area contributed by atoms with Crippen molar-refractivity contribution in [2.75, 3.05) is 5.32 Å².